The fraction of sp³-hybridized carbons (Fsp3) is 0.238. The van der Waals surface area contributed by atoms with E-state index in [2.05, 4.69) is 5.32 Å². The smallest absolute Gasteiger partial charge is 0.319 e. The van der Waals surface area contributed by atoms with Gasteiger partial charge in [0.15, 0.2) is 0 Å². The molecule has 0 bridgehead atoms. The van der Waals surface area contributed by atoms with Crippen LogP contribution in [-0.4, -0.2) is 46.6 Å². The number of amides is 5. The van der Waals surface area contributed by atoms with Gasteiger partial charge < -0.3 is 5.32 Å². The van der Waals surface area contributed by atoms with Crippen LogP contribution < -0.4 is 5.32 Å². The van der Waals surface area contributed by atoms with E-state index in [1.165, 1.54) is 24.3 Å². The summed E-state index contributed by atoms with van der Waals surface area (Å²) in [6.45, 7) is 1.52. The van der Waals surface area contributed by atoms with Crippen molar-refractivity contribution in [2.75, 3.05) is 13.1 Å². The summed E-state index contributed by atoms with van der Waals surface area (Å²) in [5.41, 5.74) is -0.205. The Morgan fingerprint density at radius 3 is 1.97 bits per heavy atom. The van der Waals surface area contributed by atoms with Crippen LogP contribution in [0.15, 0.2) is 48.5 Å². The number of benzene rings is 2. The van der Waals surface area contributed by atoms with Crippen molar-refractivity contribution < 1.29 is 23.6 Å². The molecular weight excluding hydrogens is 377 g/mol. The van der Waals surface area contributed by atoms with E-state index < -0.39 is 35.1 Å². The van der Waals surface area contributed by atoms with Crippen molar-refractivity contribution in [3.63, 3.8) is 0 Å². The number of carbonyl (C=O) groups excluding carboxylic acids is 4. The predicted octanol–water partition coefficient (Wildman–Crippen LogP) is 2.28. The molecule has 5 amide bonds. The van der Waals surface area contributed by atoms with Crippen LogP contribution >= 0.6 is 0 Å². The maximum absolute atomic E-state index is 13.3. The third-order valence-electron chi connectivity index (χ3n) is 5.47. The molecule has 2 aromatic carbocycles. The molecule has 0 aliphatic carbocycles. The molecule has 2 aromatic rings. The lowest BCUT2D eigenvalue weighted by Crippen LogP contribution is -2.44. The molecule has 0 aromatic heterocycles. The first-order chi connectivity index (χ1) is 13.9. The number of fused-ring (bicyclic) bond motifs is 1. The van der Waals surface area contributed by atoms with Crippen LogP contribution in [0.4, 0.5) is 9.18 Å². The molecule has 0 saturated carbocycles. The molecule has 0 radical (unpaired) electrons. The molecule has 2 aliphatic heterocycles. The van der Waals surface area contributed by atoms with Crippen LogP contribution in [-0.2, 0) is 10.3 Å². The summed E-state index contributed by atoms with van der Waals surface area (Å²) in [4.78, 5) is 52.6. The SMILES string of the molecule is CC[C@@]1(c2ccc(F)cc2)NC(=O)N(CCN2C(=O)c3ccccc3C2=O)C1=O. The van der Waals surface area contributed by atoms with E-state index in [0.29, 0.717) is 16.7 Å². The Morgan fingerprint density at radius 2 is 1.41 bits per heavy atom. The molecule has 2 heterocycles. The lowest BCUT2D eigenvalue weighted by molar-refractivity contribution is -0.131. The summed E-state index contributed by atoms with van der Waals surface area (Å²) in [7, 11) is 0. The highest BCUT2D eigenvalue weighted by atomic mass is 19.1. The van der Waals surface area contributed by atoms with Crippen molar-refractivity contribution >= 4 is 23.8 Å². The number of rotatable bonds is 5. The summed E-state index contributed by atoms with van der Waals surface area (Å²) in [6.07, 6.45) is 0.271. The minimum Gasteiger partial charge on any atom is -0.319 e. The zero-order chi connectivity index (χ0) is 20.8. The Bertz CT molecular complexity index is 1000. The van der Waals surface area contributed by atoms with Gasteiger partial charge in [0.2, 0.25) is 0 Å². The summed E-state index contributed by atoms with van der Waals surface area (Å²) in [5, 5.41) is 2.69. The first-order valence-electron chi connectivity index (χ1n) is 9.24. The molecule has 29 heavy (non-hydrogen) atoms. The highest BCUT2D eigenvalue weighted by Crippen LogP contribution is 2.32. The molecule has 1 fully saturated rings. The van der Waals surface area contributed by atoms with Gasteiger partial charge in [0.25, 0.3) is 17.7 Å². The molecule has 0 unspecified atom stereocenters. The minimum absolute atomic E-state index is 0.102. The number of hydrogen-bond donors (Lipinski definition) is 1. The Kier molecular flexibility index (Phi) is 4.41. The van der Waals surface area contributed by atoms with E-state index in [-0.39, 0.29) is 19.5 Å². The van der Waals surface area contributed by atoms with E-state index >= 15 is 0 Å². The van der Waals surface area contributed by atoms with Crippen molar-refractivity contribution in [3.8, 4) is 0 Å². The maximum atomic E-state index is 13.3. The lowest BCUT2D eigenvalue weighted by Gasteiger charge is -2.26. The van der Waals surface area contributed by atoms with Crippen LogP contribution in [0.1, 0.15) is 39.6 Å². The first kappa shape index (κ1) is 18.8. The quantitative estimate of drug-likeness (QED) is 0.622. The molecule has 4 rings (SSSR count). The van der Waals surface area contributed by atoms with Gasteiger partial charge in [0.05, 0.1) is 11.1 Å². The molecule has 8 heteroatoms. The summed E-state index contributed by atoms with van der Waals surface area (Å²) in [6, 6.07) is 11.3. The van der Waals surface area contributed by atoms with Gasteiger partial charge in [-0.15, -0.1) is 0 Å². The second kappa shape index (κ2) is 6.80. The number of hydrogen-bond acceptors (Lipinski definition) is 4. The van der Waals surface area contributed by atoms with Gasteiger partial charge in [-0.05, 0) is 36.2 Å². The van der Waals surface area contributed by atoms with Crippen LogP contribution in [0, 0.1) is 5.82 Å². The minimum atomic E-state index is -1.30. The van der Waals surface area contributed by atoms with Crippen LogP contribution in [0.5, 0.6) is 0 Å². The Labute approximate surface area is 166 Å². The number of nitrogens with one attached hydrogen (secondary N) is 1. The summed E-state index contributed by atoms with van der Waals surface area (Å²) >= 11 is 0. The van der Waals surface area contributed by atoms with Crippen molar-refractivity contribution in [1.29, 1.82) is 0 Å². The Morgan fingerprint density at radius 1 is 0.862 bits per heavy atom. The van der Waals surface area contributed by atoms with Gasteiger partial charge in [0, 0.05) is 13.1 Å². The number of nitrogens with zero attached hydrogens (tertiary/aromatic N) is 2. The molecule has 1 saturated heterocycles. The summed E-state index contributed by atoms with van der Waals surface area (Å²) < 4.78 is 13.3. The number of imide groups is 2. The predicted molar refractivity (Wildman–Crippen MR) is 100 cm³/mol. The first-order valence-corrected chi connectivity index (χ1v) is 9.24. The van der Waals surface area contributed by atoms with Crippen LogP contribution in [0.3, 0.4) is 0 Å². The van der Waals surface area contributed by atoms with Crippen molar-refractivity contribution in [1.82, 2.24) is 15.1 Å². The van der Waals surface area contributed by atoms with Gasteiger partial charge in [-0.2, -0.15) is 0 Å². The normalized spacial score (nSPS) is 21.0. The molecule has 1 N–H and O–H groups in total. The Hall–Kier alpha value is -3.55. The number of carbonyl (C=O) groups is 4. The van der Waals surface area contributed by atoms with E-state index in [0.717, 1.165) is 9.80 Å². The number of urea groups is 1. The van der Waals surface area contributed by atoms with E-state index in [4.69, 9.17) is 0 Å². The van der Waals surface area contributed by atoms with Crippen molar-refractivity contribution in [3.05, 3.63) is 71.0 Å². The van der Waals surface area contributed by atoms with E-state index in [1.54, 1.807) is 31.2 Å². The molecule has 2 aliphatic rings. The Balaban J connectivity index is 1.54. The second-order valence-corrected chi connectivity index (χ2v) is 6.96. The fourth-order valence-corrected chi connectivity index (χ4v) is 3.85. The fourth-order valence-electron chi connectivity index (χ4n) is 3.85. The van der Waals surface area contributed by atoms with Gasteiger partial charge in [0.1, 0.15) is 11.4 Å². The maximum Gasteiger partial charge on any atom is 0.325 e. The largest absolute Gasteiger partial charge is 0.325 e. The zero-order valence-electron chi connectivity index (χ0n) is 15.6. The third-order valence-corrected chi connectivity index (χ3v) is 5.47. The highest BCUT2D eigenvalue weighted by Gasteiger charge is 2.51. The topological polar surface area (TPSA) is 86.8 Å². The second-order valence-electron chi connectivity index (χ2n) is 6.96. The van der Waals surface area contributed by atoms with Crippen LogP contribution in [0.25, 0.3) is 0 Å². The highest BCUT2D eigenvalue weighted by molar-refractivity contribution is 6.21. The third kappa shape index (κ3) is 2.79. The van der Waals surface area contributed by atoms with Gasteiger partial charge in [-0.1, -0.05) is 31.2 Å². The lowest BCUT2D eigenvalue weighted by atomic mass is 9.87. The average molecular weight is 395 g/mol. The van der Waals surface area contributed by atoms with Crippen molar-refractivity contribution in [2.24, 2.45) is 0 Å². The van der Waals surface area contributed by atoms with Gasteiger partial charge >= 0.3 is 6.03 Å². The number of halogens is 1. The van der Waals surface area contributed by atoms with Crippen LogP contribution in [0.2, 0.25) is 0 Å². The van der Waals surface area contributed by atoms with E-state index in [1.807, 2.05) is 0 Å². The van der Waals surface area contributed by atoms with Gasteiger partial charge in [-0.3, -0.25) is 24.2 Å². The molecule has 0 spiro atoms. The standard InChI is InChI=1S/C21H18FN3O4/c1-2-21(13-7-9-14(22)10-8-13)19(28)25(20(29)23-21)12-11-24-17(26)15-5-3-4-6-16(15)18(24)27/h3-10H,2,11-12H2,1H3,(H,23,29)/t21-/m0/s1. The van der Waals surface area contributed by atoms with Gasteiger partial charge in [-0.25, -0.2) is 9.18 Å². The van der Waals surface area contributed by atoms with E-state index in [9.17, 15) is 23.6 Å². The monoisotopic (exact) mass is 395 g/mol. The van der Waals surface area contributed by atoms with Crippen molar-refractivity contribution in [2.45, 2.75) is 18.9 Å². The zero-order valence-corrected chi connectivity index (χ0v) is 15.6. The average Bonchev–Trinajstić information content (AvgIpc) is 3.12. The molecular formula is C21H18FN3O4. The summed E-state index contributed by atoms with van der Waals surface area (Å²) in [5.74, 6) is -1.83. The molecule has 7 nitrogen and oxygen atoms in total. The molecule has 1 atom stereocenters. The molecule has 148 valence electrons.